The Balaban J connectivity index is 2.28. The quantitative estimate of drug-likeness (QED) is 0.781. The molecule has 0 saturated heterocycles. The summed E-state index contributed by atoms with van der Waals surface area (Å²) in [4.78, 5) is 12.4. The van der Waals surface area contributed by atoms with Gasteiger partial charge in [-0.2, -0.15) is 5.26 Å². The zero-order chi connectivity index (χ0) is 17.7. The molecule has 0 fully saturated rings. The maximum atomic E-state index is 12.4. The van der Waals surface area contributed by atoms with E-state index in [2.05, 4.69) is 21.2 Å². The molecule has 124 valence electrons. The third-order valence-electron chi connectivity index (χ3n) is 3.13. The van der Waals surface area contributed by atoms with Gasteiger partial charge in [0.15, 0.2) is 11.5 Å². The van der Waals surface area contributed by atoms with Crippen LogP contribution in [0, 0.1) is 11.3 Å². The van der Waals surface area contributed by atoms with Gasteiger partial charge in [-0.1, -0.05) is 11.6 Å². The number of halogens is 2. The van der Waals surface area contributed by atoms with Crippen LogP contribution in [0.1, 0.15) is 22.8 Å². The van der Waals surface area contributed by atoms with E-state index >= 15 is 0 Å². The maximum absolute atomic E-state index is 12.4. The number of nitrogens with zero attached hydrogens (tertiary/aromatic N) is 1. The largest absolute Gasteiger partial charge is 0.493 e. The maximum Gasteiger partial charge on any atom is 0.255 e. The second-order valence-corrected chi connectivity index (χ2v) is 5.94. The molecule has 7 heteroatoms. The number of carbonyl (C=O) groups excluding carboxylic acids is 1. The minimum Gasteiger partial charge on any atom is -0.493 e. The minimum atomic E-state index is -0.335. The fraction of sp³-hybridized carbons (Fsp3) is 0.176. The Morgan fingerprint density at radius 1 is 1.38 bits per heavy atom. The highest BCUT2D eigenvalue weighted by atomic mass is 79.9. The van der Waals surface area contributed by atoms with Crippen LogP contribution in [0.5, 0.6) is 11.5 Å². The second-order valence-electron chi connectivity index (χ2n) is 4.68. The van der Waals surface area contributed by atoms with Crippen LogP contribution in [0.15, 0.2) is 34.8 Å². The lowest BCUT2D eigenvalue weighted by molar-refractivity contribution is 0.102. The summed E-state index contributed by atoms with van der Waals surface area (Å²) in [6.07, 6.45) is 0. The molecule has 2 rings (SSSR count). The number of rotatable bonds is 5. The van der Waals surface area contributed by atoms with Crippen molar-refractivity contribution in [1.29, 1.82) is 5.26 Å². The zero-order valence-electron chi connectivity index (χ0n) is 13.0. The zero-order valence-corrected chi connectivity index (χ0v) is 15.4. The molecular formula is C17H14BrClN2O3. The third-order valence-corrected chi connectivity index (χ3v) is 4.03. The number of hydrogen-bond acceptors (Lipinski definition) is 4. The van der Waals surface area contributed by atoms with E-state index in [-0.39, 0.29) is 10.9 Å². The summed E-state index contributed by atoms with van der Waals surface area (Å²) in [6.45, 7) is 2.34. The van der Waals surface area contributed by atoms with Gasteiger partial charge in [0.05, 0.1) is 28.8 Å². The fourth-order valence-corrected chi connectivity index (χ4v) is 2.80. The van der Waals surface area contributed by atoms with Gasteiger partial charge in [-0.05, 0) is 53.2 Å². The molecule has 0 atom stereocenters. The molecule has 1 amide bonds. The van der Waals surface area contributed by atoms with Crippen molar-refractivity contribution in [2.75, 3.05) is 19.0 Å². The van der Waals surface area contributed by atoms with Gasteiger partial charge in [-0.3, -0.25) is 4.79 Å². The lowest BCUT2D eigenvalue weighted by Crippen LogP contribution is -2.12. The van der Waals surface area contributed by atoms with Crippen LogP contribution in [-0.4, -0.2) is 19.6 Å². The first-order chi connectivity index (χ1) is 11.5. The molecule has 0 aliphatic heterocycles. The van der Waals surface area contributed by atoms with Crippen LogP contribution < -0.4 is 14.8 Å². The van der Waals surface area contributed by atoms with E-state index in [1.165, 1.54) is 13.2 Å². The molecule has 0 aliphatic rings. The Morgan fingerprint density at radius 2 is 2.12 bits per heavy atom. The van der Waals surface area contributed by atoms with Crippen molar-refractivity contribution in [1.82, 2.24) is 0 Å². The normalized spacial score (nSPS) is 9.96. The molecule has 5 nitrogen and oxygen atoms in total. The van der Waals surface area contributed by atoms with Gasteiger partial charge < -0.3 is 14.8 Å². The van der Waals surface area contributed by atoms with Crippen molar-refractivity contribution < 1.29 is 14.3 Å². The molecule has 24 heavy (non-hydrogen) atoms. The Morgan fingerprint density at radius 3 is 2.71 bits per heavy atom. The number of methoxy groups -OCH3 is 1. The summed E-state index contributed by atoms with van der Waals surface area (Å²) in [5.41, 5.74) is 1.23. The van der Waals surface area contributed by atoms with Gasteiger partial charge in [-0.25, -0.2) is 0 Å². The van der Waals surface area contributed by atoms with E-state index in [9.17, 15) is 4.79 Å². The molecule has 1 N–H and O–H groups in total. The van der Waals surface area contributed by atoms with E-state index in [1.54, 1.807) is 24.3 Å². The average Bonchev–Trinajstić information content (AvgIpc) is 2.56. The molecule has 0 saturated carbocycles. The molecule has 0 bridgehead atoms. The van der Waals surface area contributed by atoms with Gasteiger partial charge in [0.25, 0.3) is 5.91 Å². The number of carbonyl (C=O) groups is 1. The van der Waals surface area contributed by atoms with E-state index in [0.717, 1.165) is 0 Å². The van der Waals surface area contributed by atoms with E-state index in [0.29, 0.717) is 39.4 Å². The van der Waals surface area contributed by atoms with Crippen LogP contribution in [0.4, 0.5) is 5.69 Å². The molecular weight excluding hydrogens is 396 g/mol. The highest BCUT2D eigenvalue weighted by Crippen LogP contribution is 2.36. The molecule has 0 unspecified atom stereocenters. The Bertz CT molecular complexity index is 818. The number of ether oxygens (including phenoxy) is 2. The molecule has 2 aromatic carbocycles. The fourth-order valence-electron chi connectivity index (χ4n) is 2.02. The van der Waals surface area contributed by atoms with Crippen molar-refractivity contribution in [2.45, 2.75) is 6.92 Å². The van der Waals surface area contributed by atoms with Crippen LogP contribution in [-0.2, 0) is 0 Å². The third kappa shape index (κ3) is 3.99. The number of anilines is 1. The predicted molar refractivity (Wildman–Crippen MR) is 96.0 cm³/mol. The van der Waals surface area contributed by atoms with Crippen LogP contribution in [0.2, 0.25) is 5.02 Å². The molecule has 2 aromatic rings. The topological polar surface area (TPSA) is 71.3 Å². The number of amides is 1. The molecule has 0 spiro atoms. The standard InChI is InChI=1S/C17H14BrClN2O3/c1-3-24-16-13(18)6-11(7-15(16)23-2)17(22)21-12-5-4-10(9-20)14(19)8-12/h4-8H,3H2,1-2H3,(H,21,22). The summed E-state index contributed by atoms with van der Waals surface area (Å²) >= 11 is 9.35. The molecule has 0 aromatic heterocycles. The monoisotopic (exact) mass is 408 g/mol. The van der Waals surface area contributed by atoms with Gasteiger partial charge in [0, 0.05) is 11.3 Å². The highest BCUT2D eigenvalue weighted by Gasteiger charge is 2.16. The summed E-state index contributed by atoms with van der Waals surface area (Å²) in [6, 6.07) is 9.90. The van der Waals surface area contributed by atoms with Gasteiger partial charge in [0.1, 0.15) is 6.07 Å². The second kappa shape index (κ2) is 8.04. The first-order valence-corrected chi connectivity index (χ1v) is 8.18. The summed E-state index contributed by atoms with van der Waals surface area (Å²) in [5, 5.41) is 11.9. The number of benzene rings is 2. The van der Waals surface area contributed by atoms with Gasteiger partial charge >= 0.3 is 0 Å². The predicted octanol–water partition coefficient (Wildman–Crippen LogP) is 4.63. The first kappa shape index (κ1) is 18.1. The first-order valence-electron chi connectivity index (χ1n) is 7.01. The van der Waals surface area contributed by atoms with E-state index < -0.39 is 0 Å². The summed E-state index contributed by atoms with van der Waals surface area (Å²) in [5.74, 6) is 0.657. The van der Waals surface area contributed by atoms with Gasteiger partial charge in [0.2, 0.25) is 0 Å². The summed E-state index contributed by atoms with van der Waals surface area (Å²) < 4.78 is 11.4. The van der Waals surface area contributed by atoms with Crippen LogP contribution in [0.3, 0.4) is 0 Å². The average molecular weight is 410 g/mol. The molecule has 0 aliphatic carbocycles. The molecule has 0 heterocycles. The highest BCUT2D eigenvalue weighted by molar-refractivity contribution is 9.10. The summed E-state index contributed by atoms with van der Waals surface area (Å²) in [7, 11) is 1.51. The Kier molecular flexibility index (Phi) is 6.07. The smallest absolute Gasteiger partial charge is 0.255 e. The lowest BCUT2D eigenvalue weighted by Gasteiger charge is -2.13. The van der Waals surface area contributed by atoms with Crippen molar-refractivity contribution in [3.8, 4) is 17.6 Å². The number of nitriles is 1. The lowest BCUT2D eigenvalue weighted by atomic mass is 10.1. The van der Waals surface area contributed by atoms with Crippen LogP contribution >= 0.6 is 27.5 Å². The van der Waals surface area contributed by atoms with Crippen LogP contribution in [0.25, 0.3) is 0 Å². The molecule has 0 radical (unpaired) electrons. The Hall–Kier alpha value is -2.23. The SMILES string of the molecule is CCOc1c(Br)cc(C(=O)Nc2ccc(C#N)c(Cl)c2)cc1OC. The van der Waals surface area contributed by atoms with E-state index in [4.69, 9.17) is 26.3 Å². The van der Waals surface area contributed by atoms with Crippen molar-refractivity contribution in [2.24, 2.45) is 0 Å². The van der Waals surface area contributed by atoms with Crippen molar-refractivity contribution >= 4 is 39.1 Å². The van der Waals surface area contributed by atoms with E-state index in [1.807, 2.05) is 13.0 Å². The van der Waals surface area contributed by atoms with Crippen molar-refractivity contribution in [3.05, 3.63) is 51.0 Å². The minimum absolute atomic E-state index is 0.278. The number of nitrogens with one attached hydrogen (secondary N) is 1. The van der Waals surface area contributed by atoms with Crippen molar-refractivity contribution in [3.63, 3.8) is 0 Å². The Labute approximate surface area is 153 Å². The number of hydrogen-bond donors (Lipinski definition) is 1. The van der Waals surface area contributed by atoms with Gasteiger partial charge in [-0.15, -0.1) is 0 Å².